The lowest BCUT2D eigenvalue weighted by atomic mass is 10.1. The monoisotopic (exact) mass is 352 g/mol. The highest BCUT2D eigenvalue weighted by Crippen LogP contribution is 2.31. The van der Waals surface area contributed by atoms with E-state index in [9.17, 15) is 9.59 Å². The maximum absolute atomic E-state index is 11.2. The molecule has 80 valence electrons. The maximum Gasteiger partial charge on any atom is 0.252 e. The first-order valence-electron chi connectivity index (χ1n) is 4.07. The average molecular weight is 354 g/mol. The van der Waals surface area contributed by atoms with E-state index in [1.54, 1.807) is 18.2 Å². The van der Waals surface area contributed by atoms with Gasteiger partial charge in [-0.05, 0) is 42.3 Å². The number of Topliss-reactive ketones (excluding diaryl/α,β-unsaturated/α-hetero) is 1. The molecule has 0 aliphatic heterocycles. The Morgan fingerprint density at radius 1 is 1.40 bits per heavy atom. The second-order valence-electron chi connectivity index (χ2n) is 2.98. The number of hydrogen-bond acceptors (Lipinski definition) is 2. The summed E-state index contributed by atoms with van der Waals surface area (Å²) in [6.45, 7) is 1.47. The van der Waals surface area contributed by atoms with Crippen LogP contribution in [0.4, 0.5) is 0 Å². The van der Waals surface area contributed by atoms with Crippen LogP contribution in [-0.4, -0.2) is 11.0 Å². The summed E-state index contributed by atoms with van der Waals surface area (Å²) in [4.78, 5) is 21.7. The molecular formula is C10H7Br2ClO2. The molecule has 0 aromatic heterocycles. The van der Waals surface area contributed by atoms with E-state index in [0.717, 1.165) is 4.47 Å². The Morgan fingerprint density at radius 3 is 2.47 bits per heavy atom. The zero-order valence-electron chi connectivity index (χ0n) is 7.76. The predicted octanol–water partition coefficient (Wildman–Crippen LogP) is 3.85. The van der Waals surface area contributed by atoms with Crippen LogP contribution in [0.1, 0.15) is 27.7 Å². The number of rotatable bonds is 3. The van der Waals surface area contributed by atoms with Gasteiger partial charge in [-0.25, -0.2) is 0 Å². The zero-order valence-corrected chi connectivity index (χ0v) is 11.7. The fourth-order valence-electron chi connectivity index (χ4n) is 1.08. The van der Waals surface area contributed by atoms with Crippen LogP contribution in [0.2, 0.25) is 0 Å². The lowest BCUT2D eigenvalue weighted by Crippen LogP contribution is -2.03. The van der Waals surface area contributed by atoms with Gasteiger partial charge in [-0.3, -0.25) is 9.59 Å². The molecule has 0 bridgehead atoms. The van der Waals surface area contributed by atoms with Crippen LogP contribution in [0.15, 0.2) is 22.7 Å². The number of ketones is 1. The second-order valence-corrected chi connectivity index (χ2v) is 5.10. The van der Waals surface area contributed by atoms with Crippen LogP contribution in [0.3, 0.4) is 0 Å². The Morgan fingerprint density at radius 2 is 2.00 bits per heavy atom. The van der Waals surface area contributed by atoms with Crippen LogP contribution in [-0.2, 0) is 4.79 Å². The molecule has 0 aliphatic carbocycles. The highest BCUT2D eigenvalue weighted by Gasteiger charge is 2.17. The highest BCUT2D eigenvalue weighted by atomic mass is 79.9. The highest BCUT2D eigenvalue weighted by molar-refractivity contribution is 9.11. The van der Waals surface area contributed by atoms with Gasteiger partial charge in [0.1, 0.15) is 5.78 Å². The molecule has 15 heavy (non-hydrogen) atoms. The first-order valence-corrected chi connectivity index (χ1v) is 6.16. The molecule has 1 atom stereocenters. The number of halogens is 3. The molecule has 1 aromatic rings. The van der Waals surface area contributed by atoms with Crippen molar-refractivity contribution in [1.29, 1.82) is 0 Å². The van der Waals surface area contributed by atoms with Gasteiger partial charge in [0.05, 0.1) is 4.83 Å². The molecule has 0 amide bonds. The van der Waals surface area contributed by atoms with Gasteiger partial charge in [0.25, 0.3) is 5.24 Å². The molecule has 0 heterocycles. The van der Waals surface area contributed by atoms with E-state index in [-0.39, 0.29) is 5.78 Å². The number of hydrogen-bond donors (Lipinski definition) is 0. The molecule has 1 aromatic carbocycles. The SMILES string of the molecule is CC(=O)C(Br)c1cc(C(=O)Cl)ccc1Br. The van der Waals surface area contributed by atoms with Crippen molar-refractivity contribution in [2.45, 2.75) is 11.8 Å². The first-order chi connectivity index (χ1) is 6.93. The van der Waals surface area contributed by atoms with Gasteiger partial charge < -0.3 is 0 Å². The van der Waals surface area contributed by atoms with E-state index in [2.05, 4.69) is 31.9 Å². The van der Waals surface area contributed by atoms with E-state index in [1.807, 2.05) is 0 Å². The van der Waals surface area contributed by atoms with Crippen LogP contribution < -0.4 is 0 Å². The summed E-state index contributed by atoms with van der Waals surface area (Å²) >= 11 is 11.9. The number of carbonyl (C=O) groups excluding carboxylic acids is 2. The molecule has 0 fully saturated rings. The van der Waals surface area contributed by atoms with Gasteiger partial charge in [-0.1, -0.05) is 31.9 Å². The minimum Gasteiger partial charge on any atom is -0.298 e. The molecule has 0 saturated carbocycles. The Bertz CT molecular complexity index is 418. The normalized spacial score (nSPS) is 12.3. The topological polar surface area (TPSA) is 34.1 Å². The van der Waals surface area contributed by atoms with Crippen LogP contribution in [0, 0.1) is 0 Å². The third kappa shape index (κ3) is 3.13. The van der Waals surface area contributed by atoms with Gasteiger partial charge in [0, 0.05) is 10.0 Å². The van der Waals surface area contributed by atoms with Crippen LogP contribution >= 0.6 is 43.5 Å². The smallest absolute Gasteiger partial charge is 0.252 e. The van der Waals surface area contributed by atoms with Crippen molar-refractivity contribution in [2.75, 3.05) is 0 Å². The van der Waals surface area contributed by atoms with Crippen molar-refractivity contribution < 1.29 is 9.59 Å². The number of benzene rings is 1. The fraction of sp³-hybridized carbons (Fsp3) is 0.200. The lowest BCUT2D eigenvalue weighted by molar-refractivity contribution is -0.116. The van der Waals surface area contributed by atoms with Gasteiger partial charge in [-0.2, -0.15) is 0 Å². The molecule has 0 radical (unpaired) electrons. The third-order valence-corrected chi connectivity index (χ3v) is 3.93. The van der Waals surface area contributed by atoms with E-state index in [1.165, 1.54) is 6.92 Å². The average Bonchev–Trinajstić information content (AvgIpc) is 2.16. The van der Waals surface area contributed by atoms with Gasteiger partial charge in [-0.15, -0.1) is 0 Å². The minimum atomic E-state index is -0.535. The van der Waals surface area contributed by atoms with Crippen LogP contribution in [0.25, 0.3) is 0 Å². The van der Waals surface area contributed by atoms with Gasteiger partial charge in [0.15, 0.2) is 0 Å². The lowest BCUT2D eigenvalue weighted by Gasteiger charge is -2.09. The minimum absolute atomic E-state index is 0.0325. The molecule has 0 spiro atoms. The molecule has 1 unspecified atom stereocenters. The van der Waals surface area contributed by atoms with Gasteiger partial charge in [0.2, 0.25) is 0 Å². The number of carbonyl (C=O) groups is 2. The molecule has 1 rings (SSSR count). The summed E-state index contributed by atoms with van der Waals surface area (Å²) in [5.41, 5.74) is 1.08. The second kappa shape index (κ2) is 5.23. The first kappa shape index (κ1) is 12.9. The van der Waals surface area contributed by atoms with Gasteiger partial charge >= 0.3 is 0 Å². The van der Waals surface area contributed by atoms with Crippen molar-refractivity contribution in [2.24, 2.45) is 0 Å². The van der Waals surface area contributed by atoms with E-state index < -0.39 is 10.1 Å². The van der Waals surface area contributed by atoms with E-state index >= 15 is 0 Å². The largest absolute Gasteiger partial charge is 0.298 e. The summed E-state index contributed by atoms with van der Waals surface area (Å²) in [6, 6.07) is 4.89. The number of alkyl halides is 1. The quantitative estimate of drug-likeness (QED) is 0.610. The summed E-state index contributed by atoms with van der Waals surface area (Å²) < 4.78 is 0.765. The van der Waals surface area contributed by atoms with Crippen molar-refractivity contribution >= 4 is 54.5 Å². The predicted molar refractivity (Wildman–Crippen MR) is 66.7 cm³/mol. The molecular weight excluding hydrogens is 347 g/mol. The fourth-order valence-corrected chi connectivity index (χ4v) is 2.36. The molecule has 2 nitrogen and oxygen atoms in total. The summed E-state index contributed by atoms with van der Waals surface area (Å²) in [7, 11) is 0. The molecule has 0 N–H and O–H groups in total. The van der Waals surface area contributed by atoms with Crippen molar-refractivity contribution in [3.8, 4) is 0 Å². The summed E-state index contributed by atoms with van der Waals surface area (Å²) in [6.07, 6.45) is 0. The maximum atomic E-state index is 11.2. The summed E-state index contributed by atoms with van der Waals surface area (Å²) in [5, 5.41) is -0.535. The van der Waals surface area contributed by atoms with E-state index in [4.69, 9.17) is 11.6 Å². The zero-order chi connectivity index (χ0) is 11.6. The van der Waals surface area contributed by atoms with Crippen molar-refractivity contribution in [3.05, 3.63) is 33.8 Å². The Labute approximate surface area is 109 Å². The molecule has 0 aliphatic rings. The van der Waals surface area contributed by atoms with E-state index in [0.29, 0.717) is 11.1 Å². The molecule has 0 saturated heterocycles. The Hall–Kier alpha value is -0.190. The van der Waals surface area contributed by atoms with Crippen LogP contribution in [0.5, 0.6) is 0 Å². The summed E-state index contributed by atoms with van der Waals surface area (Å²) in [5.74, 6) is -0.0325. The Balaban J connectivity index is 3.22. The Kier molecular flexibility index (Phi) is 4.49. The molecule has 5 heteroatoms. The van der Waals surface area contributed by atoms with Crippen molar-refractivity contribution in [3.63, 3.8) is 0 Å². The van der Waals surface area contributed by atoms with Crippen molar-refractivity contribution in [1.82, 2.24) is 0 Å². The third-order valence-electron chi connectivity index (χ3n) is 1.85. The standard InChI is InChI=1S/C10H7Br2ClO2/c1-5(14)9(12)7-4-6(10(13)15)2-3-8(7)11/h2-4,9H,1H3.